The van der Waals surface area contributed by atoms with Crippen molar-refractivity contribution in [3.63, 3.8) is 0 Å². The Morgan fingerprint density at radius 3 is 2.60 bits per heavy atom. The molecule has 1 unspecified atom stereocenters. The van der Waals surface area contributed by atoms with Gasteiger partial charge in [-0.05, 0) is 17.6 Å². The molecule has 1 heterocycles. The molecule has 0 aromatic carbocycles. The second-order valence-electron chi connectivity index (χ2n) is 2.03. The molecule has 3 heteroatoms. The molecule has 0 N–H and O–H groups in total. The molecule has 1 aliphatic heterocycles. The van der Waals surface area contributed by atoms with Crippen LogP contribution in [0.3, 0.4) is 0 Å². The van der Waals surface area contributed by atoms with E-state index >= 15 is 0 Å². The van der Waals surface area contributed by atoms with Crippen molar-refractivity contribution in [3.05, 3.63) is 29.4 Å². The Bertz CT molecular complexity index is 184. The topological polar surface area (TPSA) is 0 Å². The van der Waals surface area contributed by atoms with Crippen LogP contribution in [-0.2, 0) is 0 Å². The lowest BCUT2D eigenvalue weighted by Gasteiger charge is -2.07. The molecule has 1 aliphatic rings. The zero-order valence-electron chi connectivity index (χ0n) is 5.48. The predicted octanol–water partition coefficient (Wildman–Crippen LogP) is 2.85. The van der Waals surface area contributed by atoms with Crippen LogP contribution in [0.2, 0.25) is 0 Å². The summed E-state index contributed by atoms with van der Waals surface area (Å²) in [7, 11) is -0.951. The number of thiol groups is 1. The van der Waals surface area contributed by atoms with Gasteiger partial charge in [0, 0.05) is 6.08 Å². The smallest absolute Gasteiger partial charge is 0.143 e. The maximum absolute atomic E-state index is 12.6. The molecular formula is C7H9F2S. The van der Waals surface area contributed by atoms with E-state index in [4.69, 9.17) is 0 Å². The molecule has 0 nitrogen and oxygen atoms in total. The van der Waals surface area contributed by atoms with E-state index in [0.717, 1.165) is 6.08 Å². The van der Waals surface area contributed by atoms with Crippen molar-refractivity contribution in [3.8, 4) is 0 Å². The number of hydrogen-bond donors (Lipinski definition) is 1. The van der Waals surface area contributed by atoms with Gasteiger partial charge in [0.25, 0.3) is 0 Å². The third-order valence-corrected chi connectivity index (χ3v) is 3.24. The molecule has 0 fully saturated rings. The van der Waals surface area contributed by atoms with Crippen LogP contribution in [0.4, 0.5) is 8.78 Å². The van der Waals surface area contributed by atoms with E-state index < -0.39 is 16.7 Å². The summed E-state index contributed by atoms with van der Waals surface area (Å²) in [6.07, 6.45) is 1.62. The van der Waals surface area contributed by atoms with E-state index in [2.05, 4.69) is 6.92 Å². The molecule has 10 heavy (non-hydrogen) atoms. The molecule has 57 valence electrons. The van der Waals surface area contributed by atoms with Crippen molar-refractivity contribution in [2.45, 2.75) is 6.42 Å². The van der Waals surface area contributed by atoms with Crippen LogP contribution in [-0.4, -0.2) is 5.75 Å². The van der Waals surface area contributed by atoms with Gasteiger partial charge in [-0.2, -0.15) is 10.9 Å². The summed E-state index contributed by atoms with van der Waals surface area (Å²) in [6, 6.07) is 0. The fourth-order valence-electron chi connectivity index (χ4n) is 0.786. The highest BCUT2D eigenvalue weighted by Gasteiger charge is 2.13. The molecule has 0 spiro atoms. The maximum Gasteiger partial charge on any atom is 0.143 e. The van der Waals surface area contributed by atoms with Gasteiger partial charge in [-0.15, -0.1) is 0 Å². The molecule has 1 rings (SSSR count). The average molecular weight is 163 g/mol. The third-order valence-electron chi connectivity index (χ3n) is 1.21. The molecule has 0 saturated carbocycles. The quantitative estimate of drug-likeness (QED) is 0.594. The molecule has 0 aromatic heterocycles. The molecule has 1 atom stereocenters. The van der Waals surface area contributed by atoms with Gasteiger partial charge in [0.2, 0.25) is 0 Å². The van der Waals surface area contributed by atoms with Gasteiger partial charge in [0.05, 0.1) is 0 Å². The molecule has 0 amide bonds. The monoisotopic (exact) mass is 163 g/mol. The summed E-state index contributed by atoms with van der Waals surface area (Å²) in [6.45, 7) is 3.58. The minimum absolute atomic E-state index is 0.309. The first-order valence-electron chi connectivity index (χ1n) is 3.04. The van der Waals surface area contributed by atoms with Crippen LogP contribution in [0.15, 0.2) is 22.5 Å². The van der Waals surface area contributed by atoms with E-state index in [0.29, 0.717) is 12.2 Å². The van der Waals surface area contributed by atoms with Crippen LogP contribution in [0.1, 0.15) is 6.42 Å². The number of halogens is 2. The Morgan fingerprint density at radius 1 is 1.50 bits per heavy atom. The van der Waals surface area contributed by atoms with E-state index in [1.807, 2.05) is 0 Å². The van der Waals surface area contributed by atoms with E-state index in [1.54, 1.807) is 0 Å². The second-order valence-corrected chi connectivity index (χ2v) is 4.10. The predicted molar refractivity (Wildman–Crippen MR) is 42.2 cm³/mol. The second kappa shape index (κ2) is 3.19. The van der Waals surface area contributed by atoms with Crippen LogP contribution in [0.5, 0.6) is 0 Å². The number of hydrogen-bond acceptors (Lipinski definition) is 0. The van der Waals surface area contributed by atoms with E-state index in [9.17, 15) is 8.78 Å². The Balaban J connectivity index is 2.56. The van der Waals surface area contributed by atoms with Crippen LogP contribution in [0, 0.1) is 6.92 Å². The highest BCUT2D eigenvalue weighted by Crippen LogP contribution is 2.44. The van der Waals surface area contributed by atoms with Gasteiger partial charge >= 0.3 is 0 Å². The average Bonchev–Trinajstić information content (AvgIpc) is 2.13. The molecule has 1 radical (unpaired) electrons. The van der Waals surface area contributed by atoms with Gasteiger partial charge in [0.1, 0.15) is 11.0 Å². The molecule has 0 aromatic rings. The van der Waals surface area contributed by atoms with Crippen molar-refractivity contribution in [1.29, 1.82) is 0 Å². The summed E-state index contributed by atoms with van der Waals surface area (Å²) >= 11 is 0. The minimum atomic E-state index is -0.951. The zero-order valence-corrected chi connectivity index (χ0v) is 6.37. The Morgan fingerprint density at radius 2 is 2.20 bits per heavy atom. The summed E-state index contributed by atoms with van der Waals surface area (Å²) in [5.41, 5.74) is 0. The Labute approximate surface area is 62.0 Å². The molecular weight excluding hydrogens is 154 g/mol. The number of allylic oxidation sites excluding steroid dienone is 2. The standard InChI is InChI=1S/C7H9F2S/c1-2-3-10-5-6(8)4-7(10)9/h4-5,10H,1-3H2. The molecule has 0 bridgehead atoms. The van der Waals surface area contributed by atoms with Crippen LogP contribution >= 0.6 is 10.9 Å². The Kier molecular flexibility index (Phi) is 2.49. The summed E-state index contributed by atoms with van der Waals surface area (Å²) < 4.78 is 24.9. The minimum Gasteiger partial charge on any atom is -0.206 e. The van der Waals surface area contributed by atoms with Crippen molar-refractivity contribution in [2.75, 3.05) is 5.75 Å². The summed E-state index contributed by atoms with van der Waals surface area (Å²) in [4.78, 5) is 0. The van der Waals surface area contributed by atoms with Crippen molar-refractivity contribution < 1.29 is 8.78 Å². The van der Waals surface area contributed by atoms with E-state index in [-0.39, 0.29) is 5.16 Å². The first-order valence-corrected chi connectivity index (χ1v) is 4.64. The first kappa shape index (κ1) is 7.79. The summed E-state index contributed by atoms with van der Waals surface area (Å²) in [5.74, 6) is 0.225. The van der Waals surface area contributed by atoms with Crippen LogP contribution < -0.4 is 0 Å². The van der Waals surface area contributed by atoms with Crippen molar-refractivity contribution in [1.82, 2.24) is 0 Å². The van der Waals surface area contributed by atoms with Gasteiger partial charge in [0.15, 0.2) is 0 Å². The van der Waals surface area contributed by atoms with Crippen molar-refractivity contribution in [2.24, 2.45) is 0 Å². The van der Waals surface area contributed by atoms with Crippen molar-refractivity contribution >= 4 is 10.9 Å². The normalized spacial score (nSPS) is 28.1. The van der Waals surface area contributed by atoms with Gasteiger partial charge < -0.3 is 0 Å². The fraction of sp³-hybridized carbons (Fsp3) is 0.286. The SMILES string of the molecule is [CH2]CC[SH]1C=C(F)C=C1F. The first-order chi connectivity index (χ1) is 4.74. The highest BCUT2D eigenvalue weighted by molar-refractivity contribution is 8.22. The van der Waals surface area contributed by atoms with Crippen LogP contribution in [0.25, 0.3) is 0 Å². The van der Waals surface area contributed by atoms with Gasteiger partial charge in [-0.1, -0.05) is 6.92 Å². The lowest BCUT2D eigenvalue weighted by Crippen LogP contribution is -1.80. The summed E-state index contributed by atoms with van der Waals surface area (Å²) in [5, 5.41) is 1.05. The fourth-order valence-corrected chi connectivity index (χ4v) is 2.25. The highest BCUT2D eigenvalue weighted by atomic mass is 32.2. The molecule has 0 saturated heterocycles. The zero-order chi connectivity index (χ0) is 7.56. The third kappa shape index (κ3) is 1.59. The van der Waals surface area contributed by atoms with Gasteiger partial charge in [-0.25, -0.2) is 8.78 Å². The lowest BCUT2D eigenvalue weighted by atomic mass is 10.6. The number of rotatable bonds is 2. The largest absolute Gasteiger partial charge is 0.206 e. The maximum atomic E-state index is 12.6. The van der Waals surface area contributed by atoms with Gasteiger partial charge in [-0.3, -0.25) is 0 Å². The van der Waals surface area contributed by atoms with E-state index in [1.165, 1.54) is 5.41 Å². The lowest BCUT2D eigenvalue weighted by molar-refractivity contribution is 0.653. The molecule has 0 aliphatic carbocycles. The Hall–Kier alpha value is -0.310.